The molecule has 182 valence electrons. The molecule has 0 N–H and O–H groups in total. The van der Waals surface area contributed by atoms with Gasteiger partial charge < -0.3 is 12.4 Å². The number of rotatable bonds is 0. The summed E-state index contributed by atoms with van der Waals surface area (Å²) in [6, 6.07) is 31.6. The molecule has 0 bridgehead atoms. The van der Waals surface area contributed by atoms with Crippen LogP contribution in [0.5, 0.6) is 0 Å². The van der Waals surface area contributed by atoms with Crippen LogP contribution in [-0.2, 0) is 43.5 Å². The Morgan fingerprint density at radius 3 is 1.66 bits per heavy atom. The molecule has 1 aliphatic carbocycles. The SMILES string of the molecule is CC(C)(C)c1[c-]c2c(cc1)-c1ccc(C(C)(C)C)cc1C2.Cc1cc[cH-]c1.Cc1cc[cH-]c1.[Cl-].[Zr+4]. The molecule has 0 saturated carbocycles. The zero-order valence-corrected chi connectivity index (χ0v) is 25.8. The molecular formula is C33H39ClZr. The Bertz CT molecular complexity index is 1060. The van der Waals surface area contributed by atoms with E-state index in [2.05, 4.69) is 116 Å². The van der Waals surface area contributed by atoms with Crippen molar-refractivity contribution >= 4 is 0 Å². The number of aryl methyl sites for hydroxylation is 2. The van der Waals surface area contributed by atoms with Crippen molar-refractivity contribution in [3.05, 3.63) is 118 Å². The summed E-state index contributed by atoms with van der Waals surface area (Å²) in [5.41, 5.74) is 11.4. The van der Waals surface area contributed by atoms with Gasteiger partial charge in [-0.2, -0.15) is 60.2 Å². The molecule has 35 heavy (non-hydrogen) atoms. The molecule has 0 aliphatic heterocycles. The van der Waals surface area contributed by atoms with Gasteiger partial charge in [0.2, 0.25) is 0 Å². The maximum atomic E-state index is 3.67. The van der Waals surface area contributed by atoms with Crippen molar-refractivity contribution in [2.45, 2.75) is 72.6 Å². The van der Waals surface area contributed by atoms with Crippen molar-refractivity contribution < 1.29 is 38.6 Å². The fourth-order valence-electron chi connectivity index (χ4n) is 3.97. The number of hydrogen-bond donors (Lipinski definition) is 0. The van der Waals surface area contributed by atoms with Crippen LogP contribution in [-0.4, -0.2) is 0 Å². The summed E-state index contributed by atoms with van der Waals surface area (Å²) in [5.74, 6) is 0. The summed E-state index contributed by atoms with van der Waals surface area (Å²) in [4.78, 5) is 0. The van der Waals surface area contributed by atoms with E-state index in [-0.39, 0.29) is 49.4 Å². The normalized spacial score (nSPS) is 11.4. The second-order valence-electron chi connectivity index (χ2n) is 11.2. The minimum Gasteiger partial charge on any atom is -1.00 e. The van der Waals surface area contributed by atoms with Gasteiger partial charge in [-0.3, -0.25) is 0 Å². The van der Waals surface area contributed by atoms with E-state index in [9.17, 15) is 0 Å². The molecule has 0 spiro atoms. The Morgan fingerprint density at radius 1 is 0.714 bits per heavy atom. The van der Waals surface area contributed by atoms with Crippen LogP contribution in [0.2, 0.25) is 0 Å². The Balaban J connectivity index is 0.000000360. The first-order valence-corrected chi connectivity index (χ1v) is 12.0. The molecule has 0 heterocycles. The minimum absolute atomic E-state index is 0. The van der Waals surface area contributed by atoms with Gasteiger partial charge in [0.15, 0.2) is 0 Å². The van der Waals surface area contributed by atoms with Crippen molar-refractivity contribution in [1.29, 1.82) is 0 Å². The molecule has 0 radical (unpaired) electrons. The summed E-state index contributed by atoms with van der Waals surface area (Å²) in [5, 5.41) is 0. The topological polar surface area (TPSA) is 0 Å². The molecule has 0 nitrogen and oxygen atoms in total. The molecule has 0 atom stereocenters. The first kappa shape index (κ1) is 31.3. The van der Waals surface area contributed by atoms with E-state index in [1.54, 1.807) is 0 Å². The first-order chi connectivity index (χ1) is 15.4. The monoisotopic (exact) mass is 560 g/mol. The third kappa shape index (κ3) is 8.73. The zero-order valence-electron chi connectivity index (χ0n) is 22.6. The van der Waals surface area contributed by atoms with E-state index < -0.39 is 0 Å². The van der Waals surface area contributed by atoms with E-state index >= 15 is 0 Å². The predicted octanol–water partition coefficient (Wildman–Crippen LogP) is 6.08. The summed E-state index contributed by atoms with van der Waals surface area (Å²) >= 11 is 0. The van der Waals surface area contributed by atoms with E-state index in [0.717, 1.165) is 6.42 Å². The van der Waals surface area contributed by atoms with Gasteiger partial charge in [-0.1, -0.05) is 79.2 Å². The van der Waals surface area contributed by atoms with Crippen LogP contribution < -0.4 is 12.4 Å². The second kappa shape index (κ2) is 13.0. The van der Waals surface area contributed by atoms with Crippen molar-refractivity contribution in [1.82, 2.24) is 0 Å². The molecule has 1 aliphatic rings. The third-order valence-electron chi connectivity index (χ3n) is 6.12. The molecule has 0 amide bonds. The van der Waals surface area contributed by atoms with Gasteiger partial charge in [-0.15, -0.1) is 11.1 Å². The number of hydrogen-bond acceptors (Lipinski definition) is 0. The Kier molecular flexibility index (Phi) is 11.7. The van der Waals surface area contributed by atoms with Crippen LogP contribution in [0.4, 0.5) is 0 Å². The molecule has 5 rings (SSSR count). The molecule has 0 saturated heterocycles. The molecule has 4 aromatic carbocycles. The van der Waals surface area contributed by atoms with Gasteiger partial charge in [0.25, 0.3) is 0 Å². The van der Waals surface area contributed by atoms with Crippen LogP contribution >= 0.6 is 0 Å². The van der Waals surface area contributed by atoms with Gasteiger partial charge >= 0.3 is 26.2 Å². The summed E-state index contributed by atoms with van der Waals surface area (Å²) in [6.07, 6.45) is 1.03. The third-order valence-corrected chi connectivity index (χ3v) is 6.12. The maximum Gasteiger partial charge on any atom is 4.00 e. The zero-order chi connectivity index (χ0) is 24.2. The molecule has 0 unspecified atom stereocenters. The number of halogens is 1. The van der Waals surface area contributed by atoms with Crippen LogP contribution in [0, 0.1) is 19.9 Å². The van der Waals surface area contributed by atoms with Gasteiger partial charge in [0, 0.05) is 0 Å². The smallest absolute Gasteiger partial charge is 1.00 e. The summed E-state index contributed by atoms with van der Waals surface area (Å²) in [6.45, 7) is 17.8. The van der Waals surface area contributed by atoms with Crippen molar-refractivity contribution in [2.24, 2.45) is 0 Å². The standard InChI is InChI=1S/C21H25.2C6H7.ClH.Zr/c1-20(2,3)16-7-9-18-14(12-16)11-15-13-17(21(4,5)6)8-10-19(15)18;2*1-6-4-2-3-5-6;;/h7-10,12H,11H2,1-6H3;2*2-5H,1H3;1H;/q3*-1;;+4/p-1. The summed E-state index contributed by atoms with van der Waals surface area (Å²) in [7, 11) is 0. The predicted molar refractivity (Wildman–Crippen MR) is 144 cm³/mol. The minimum atomic E-state index is 0. The Morgan fingerprint density at radius 2 is 1.26 bits per heavy atom. The van der Waals surface area contributed by atoms with Crippen molar-refractivity contribution in [3.63, 3.8) is 0 Å². The van der Waals surface area contributed by atoms with Crippen molar-refractivity contribution in [3.8, 4) is 11.1 Å². The fraction of sp³-hybridized carbons (Fsp3) is 0.333. The maximum absolute atomic E-state index is 3.67. The van der Waals surface area contributed by atoms with Crippen molar-refractivity contribution in [2.75, 3.05) is 0 Å². The van der Waals surface area contributed by atoms with Gasteiger partial charge in [-0.05, 0) is 28.4 Å². The van der Waals surface area contributed by atoms with Gasteiger partial charge in [0.05, 0.1) is 0 Å². The van der Waals surface area contributed by atoms with Crippen LogP contribution in [0.25, 0.3) is 11.1 Å². The Hall–Kier alpha value is -1.69. The molecule has 2 heteroatoms. The van der Waals surface area contributed by atoms with Gasteiger partial charge in [0.1, 0.15) is 0 Å². The number of fused-ring (bicyclic) bond motifs is 3. The van der Waals surface area contributed by atoms with E-state index in [0.29, 0.717) is 0 Å². The van der Waals surface area contributed by atoms with Crippen LogP contribution in [0.15, 0.2) is 78.9 Å². The largest absolute Gasteiger partial charge is 4.00 e. The van der Waals surface area contributed by atoms with E-state index in [4.69, 9.17) is 0 Å². The molecule has 0 aromatic heterocycles. The molecule has 4 aromatic rings. The van der Waals surface area contributed by atoms with E-state index in [1.165, 1.54) is 44.5 Å². The van der Waals surface area contributed by atoms with Crippen LogP contribution in [0.1, 0.15) is 74.9 Å². The Labute approximate surface area is 239 Å². The van der Waals surface area contributed by atoms with Gasteiger partial charge in [-0.25, -0.2) is 23.3 Å². The first-order valence-electron chi connectivity index (χ1n) is 12.0. The summed E-state index contributed by atoms with van der Waals surface area (Å²) < 4.78 is 0. The quantitative estimate of drug-likeness (QED) is 0.201. The fourth-order valence-corrected chi connectivity index (χ4v) is 3.97. The average Bonchev–Trinajstić information content (AvgIpc) is 3.47. The average molecular weight is 562 g/mol. The molecule has 0 fully saturated rings. The second-order valence-corrected chi connectivity index (χ2v) is 11.2. The molecular weight excluding hydrogens is 523 g/mol. The number of benzene rings is 2. The van der Waals surface area contributed by atoms with Crippen LogP contribution in [0.3, 0.4) is 0 Å². The van der Waals surface area contributed by atoms with E-state index in [1.807, 2.05) is 24.3 Å².